The Morgan fingerprint density at radius 2 is 0.582 bits per heavy atom. The van der Waals surface area contributed by atoms with Crippen LogP contribution in [-0.2, 0) is 28.6 Å². The van der Waals surface area contributed by atoms with E-state index in [9.17, 15) is 14.4 Å². The maximum Gasteiger partial charge on any atom is 0.306 e. The highest BCUT2D eigenvalue weighted by molar-refractivity contribution is 5.71. The van der Waals surface area contributed by atoms with Gasteiger partial charge in [-0.05, 0) is 128 Å². The van der Waals surface area contributed by atoms with Gasteiger partial charge in [0.2, 0.25) is 0 Å². The fourth-order valence-corrected chi connectivity index (χ4v) is 7.12. The van der Waals surface area contributed by atoms with Crippen LogP contribution in [0.4, 0.5) is 0 Å². The SMILES string of the molecule is CC/C=C\C/C=C\C/C=C\C/C=C\C/C=C\CCCCCC(=O)OC[C@H](COC(=O)CCCC/C=C\C/C=C\C/C=C\CCCCC)OC(=O)CCCCCCC/C=C\CCCCCCCC. The lowest BCUT2D eigenvalue weighted by Crippen LogP contribution is -2.30. The van der Waals surface area contributed by atoms with Crippen molar-refractivity contribution in [1.29, 1.82) is 0 Å². The quantitative estimate of drug-likeness (QED) is 0.0262. The van der Waals surface area contributed by atoms with Gasteiger partial charge in [-0.25, -0.2) is 0 Å². The molecular formula is C61H100O6. The molecule has 6 heteroatoms. The van der Waals surface area contributed by atoms with Crippen molar-refractivity contribution < 1.29 is 28.6 Å². The molecule has 67 heavy (non-hydrogen) atoms. The molecule has 0 amide bonds. The van der Waals surface area contributed by atoms with E-state index in [1.807, 2.05) is 0 Å². The van der Waals surface area contributed by atoms with Crippen molar-refractivity contribution in [2.24, 2.45) is 0 Å². The number of hydrogen-bond acceptors (Lipinski definition) is 6. The highest BCUT2D eigenvalue weighted by Crippen LogP contribution is 2.13. The number of hydrogen-bond donors (Lipinski definition) is 0. The zero-order valence-electron chi connectivity index (χ0n) is 43.4. The molecule has 0 unspecified atom stereocenters. The molecule has 0 rings (SSSR count). The van der Waals surface area contributed by atoms with Crippen LogP contribution >= 0.6 is 0 Å². The Labute approximate surface area is 412 Å². The van der Waals surface area contributed by atoms with Gasteiger partial charge in [0.15, 0.2) is 6.10 Å². The fourth-order valence-electron chi connectivity index (χ4n) is 7.12. The largest absolute Gasteiger partial charge is 0.462 e. The summed E-state index contributed by atoms with van der Waals surface area (Å²) in [7, 11) is 0. The lowest BCUT2D eigenvalue weighted by atomic mass is 10.1. The van der Waals surface area contributed by atoms with Gasteiger partial charge in [0.25, 0.3) is 0 Å². The molecule has 380 valence electrons. The Morgan fingerprint density at radius 3 is 1.00 bits per heavy atom. The van der Waals surface area contributed by atoms with Crippen LogP contribution in [0.5, 0.6) is 0 Å². The highest BCUT2D eigenvalue weighted by Gasteiger charge is 2.19. The molecule has 0 fully saturated rings. The summed E-state index contributed by atoms with van der Waals surface area (Å²) >= 11 is 0. The van der Waals surface area contributed by atoms with Crippen molar-refractivity contribution >= 4 is 17.9 Å². The minimum Gasteiger partial charge on any atom is -0.462 e. The zero-order chi connectivity index (χ0) is 48.6. The van der Waals surface area contributed by atoms with Crippen LogP contribution in [0.25, 0.3) is 0 Å². The van der Waals surface area contributed by atoms with Crippen molar-refractivity contribution in [3.05, 3.63) is 109 Å². The number of rotatable bonds is 48. The summed E-state index contributed by atoms with van der Waals surface area (Å²) in [4.78, 5) is 38.1. The molecule has 1 atom stereocenters. The van der Waals surface area contributed by atoms with Gasteiger partial charge < -0.3 is 14.2 Å². The van der Waals surface area contributed by atoms with Crippen LogP contribution in [0, 0.1) is 0 Å². The number of carbonyl (C=O) groups is 3. The summed E-state index contributed by atoms with van der Waals surface area (Å²) in [6.45, 7) is 6.42. The van der Waals surface area contributed by atoms with Gasteiger partial charge in [0.1, 0.15) is 13.2 Å². The summed E-state index contributed by atoms with van der Waals surface area (Å²) in [5.41, 5.74) is 0. The molecule has 0 aromatic rings. The molecule has 0 aliphatic rings. The third-order valence-corrected chi connectivity index (χ3v) is 11.2. The molecule has 0 spiro atoms. The Bertz CT molecular complexity index is 1390. The molecule has 0 N–H and O–H groups in total. The molecule has 0 bridgehead atoms. The van der Waals surface area contributed by atoms with Gasteiger partial charge in [-0.1, -0.05) is 201 Å². The van der Waals surface area contributed by atoms with Crippen molar-refractivity contribution in [1.82, 2.24) is 0 Å². The molecule has 0 aliphatic heterocycles. The standard InChI is InChI=1S/C61H100O6/c1-4-7-10-13-16-19-22-25-28-29-30-31-34-36-39-42-45-48-51-54-60(63)66-57-58(67-61(64)55-52-49-46-43-40-37-33-27-24-21-18-15-12-9-6-3)56-65-59(62)53-50-47-44-41-38-35-32-26-23-20-17-14-11-8-5-2/h7,10,16-17,19-20,25-28,30-33,36,38-39,41,58H,4-6,8-9,11-15,18,21-24,29,34-35,37,40,42-57H2,1-3H3/b10-7-,19-16-,20-17-,28-25-,31-30-,32-26-,33-27-,39-36-,41-38-/t58-/m0/s1. The molecule has 0 saturated heterocycles. The molecular weight excluding hydrogens is 829 g/mol. The van der Waals surface area contributed by atoms with Gasteiger partial charge in [0, 0.05) is 19.3 Å². The van der Waals surface area contributed by atoms with Crippen LogP contribution in [-0.4, -0.2) is 37.2 Å². The number of esters is 3. The van der Waals surface area contributed by atoms with Gasteiger partial charge in [-0.3, -0.25) is 14.4 Å². The first-order chi connectivity index (χ1) is 33.0. The van der Waals surface area contributed by atoms with Crippen LogP contribution in [0.2, 0.25) is 0 Å². The number of unbranched alkanes of at least 4 members (excludes halogenated alkanes) is 19. The average molecular weight is 929 g/mol. The van der Waals surface area contributed by atoms with Crippen LogP contribution < -0.4 is 0 Å². The first kappa shape index (κ1) is 63.1. The van der Waals surface area contributed by atoms with E-state index in [2.05, 4.69) is 130 Å². The van der Waals surface area contributed by atoms with Crippen molar-refractivity contribution in [2.45, 2.75) is 245 Å². The van der Waals surface area contributed by atoms with E-state index in [0.29, 0.717) is 19.3 Å². The summed E-state index contributed by atoms with van der Waals surface area (Å²) in [5, 5.41) is 0. The summed E-state index contributed by atoms with van der Waals surface area (Å²) in [6, 6.07) is 0. The molecule has 0 aliphatic carbocycles. The van der Waals surface area contributed by atoms with Crippen LogP contribution in [0.15, 0.2) is 109 Å². The van der Waals surface area contributed by atoms with E-state index in [0.717, 1.165) is 122 Å². The smallest absolute Gasteiger partial charge is 0.306 e. The molecule has 0 radical (unpaired) electrons. The first-order valence-corrected chi connectivity index (χ1v) is 27.4. The van der Waals surface area contributed by atoms with Crippen molar-refractivity contribution in [3.8, 4) is 0 Å². The molecule has 6 nitrogen and oxygen atoms in total. The summed E-state index contributed by atoms with van der Waals surface area (Å²) in [5.74, 6) is -0.991. The highest BCUT2D eigenvalue weighted by atomic mass is 16.6. The van der Waals surface area contributed by atoms with Crippen molar-refractivity contribution in [3.63, 3.8) is 0 Å². The van der Waals surface area contributed by atoms with Gasteiger partial charge in [-0.15, -0.1) is 0 Å². The lowest BCUT2D eigenvalue weighted by Gasteiger charge is -2.18. The molecule has 0 heterocycles. The fraction of sp³-hybridized carbons (Fsp3) is 0.656. The number of ether oxygens (including phenoxy) is 3. The zero-order valence-corrected chi connectivity index (χ0v) is 43.4. The minimum atomic E-state index is -0.814. The Balaban J connectivity index is 4.53. The van der Waals surface area contributed by atoms with E-state index < -0.39 is 6.10 Å². The number of carbonyl (C=O) groups excluding carboxylic acids is 3. The van der Waals surface area contributed by atoms with Crippen LogP contribution in [0.3, 0.4) is 0 Å². The second kappa shape index (κ2) is 54.7. The van der Waals surface area contributed by atoms with Crippen molar-refractivity contribution in [2.75, 3.05) is 13.2 Å². The van der Waals surface area contributed by atoms with Gasteiger partial charge >= 0.3 is 17.9 Å². The lowest BCUT2D eigenvalue weighted by molar-refractivity contribution is -0.167. The van der Waals surface area contributed by atoms with Crippen LogP contribution in [0.1, 0.15) is 239 Å². The van der Waals surface area contributed by atoms with Gasteiger partial charge in [0.05, 0.1) is 0 Å². The Hall–Kier alpha value is -3.93. The van der Waals surface area contributed by atoms with Gasteiger partial charge in [-0.2, -0.15) is 0 Å². The minimum absolute atomic E-state index is 0.112. The monoisotopic (exact) mass is 929 g/mol. The third kappa shape index (κ3) is 52.9. The normalized spacial score (nSPS) is 12.9. The topological polar surface area (TPSA) is 78.9 Å². The molecule has 0 aromatic carbocycles. The van der Waals surface area contributed by atoms with E-state index in [-0.39, 0.29) is 31.1 Å². The predicted octanol–water partition coefficient (Wildman–Crippen LogP) is 18.3. The molecule has 0 aromatic heterocycles. The number of allylic oxidation sites excluding steroid dienone is 18. The molecule has 0 saturated carbocycles. The van der Waals surface area contributed by atoms with E-state index in [1.165, 1.54) is 77.0 Å². The Morgan fingerprint density at radius 1 is 0.313 bits per heavy atom. The predicted molar refractivity (Wildman–Crippen MR) is 288 cm³/mol. The second-order valence-electron chi connectivity index (χ2n) is 17.7. The summed E-state index contributed by atoms with van der Waals surface area (Å²) < 4.78 is 16.8. The van der Waals surface area contributed by atoms with E-state index in [1.54, 1.807) is 0 Å². The van der Waals surface area contributed by atoms with E-state index >= 15 is 0 Å². The maximum atomic E-state index is 12.8. The maximum absolute atomic E-state index is 12.8. The summed E-state index contributed by atoms with van der Waals surface area (Å²) in [6.07, 6.45) is 73.6. The Kier molecular flexibility index (Phi) is 51.5. The second-order valence-corrected chi connectivity index (χ2v) is 17.7. The van der Waals surface area contributed by atoms with E-state index in [4.69, 9.17) is 14.2 Å². The third-order valence-electron chi connectivity index (χ3n) is 11.2. The average Bonchev–Trinajstić information content (AvgIpc) is 3.33. The first-order valence-electron chi connectivity index (χ1n) is 27.4.